The minimum Gasteiger partial charge on any atom is -0.497 e. The summed E-state index contributed by atoms with van der Waals surface area (Å²) in [5.41, 5.74) is 2.41. The summed E-state index contributed by atoms with van der Waals surface area (Å²) in [5.74, 6) is 2.16. The Morgan fingerprint density at radius 1 is 1.10 bits per heavy atom. The predicted molar refractivity (Wildman–Crippen MR) is 136 cm³/mol. The molecule has 7 heteroatoms. The molecule has 0 aliphatic carbocycles. The Bertz CT molecular complexity index is 827. The van der Waals surface area contributed by atoms with E-state index >= 15 is 0 Å². The van der Waals surface area contributed by atoms with Gasteiger partial charge in [0.2, 0.25) is 5.91 Å². The lowest BCUT2D eigenvalue weighted by molar-refractivity contribution is -0.119. The van der Waals surface area contributed by atoms with E-state index in [0.29, 0.717) is 12.5 Å². The fraction of sp³-hybridized carbons (Fsp3) is 0.417. The number of rotatable bonds is 8. The molecule has 31 heavy (non-hydrogen) atoms. The summed E-state index contributed by atoms with van der Waals surface area (Å²) < 4.78 is 5.16. The quantitative estimate of drug-likeness (QED) is 0.308. The second-order valence-corrected chi connectivity index (χ2v) is 7.59. The molecular weight excluding hydrogens is 503 g/mol. The first-order valence-electron chi connectivity index (χ1n) is 10.6. The van der Waals surface area contributed by atoms with Crippen LogP contribution >= 0.6 is 24.0 Å². The molecule has 2 N–H and O–H groups in total. The minimum atomic E-state index is -0.0822. The number of hydrogen-bond acceptors (Lipinski definition) is 3. The average Bonchev–Trinajstić information content (AvgIpc) is 3.24. The summed E-state index contributed by atoms with van der Waals surface area (Å²) in [6, 6.07) is 18.3. The second-order valence-electron chi connectivity index (χ2n) is 7.59. The molecule has 1 heterocycles. The van der Waals surface area contributed by atoms with Crippen LogP contribution in [0.5, 0.6) is 5.75 Å². The maximum Gasteiger partial charge on any atom is 0.242 e. The zero-order valence-electron chi connectivity index (χ0n) is 18.3. The Kier molecular flexibility index (Phi) is 10.6. The Hall–Kier alpha value is -2.29. The average molecular weight is 536 g/mol. The van der Waals surface area contributed by atoms with Crippen LogP contribution in [0.1, 0.15) is 24.5 Å². The van der Waals surface area contributed by atoms with Crippen LogP contribution in [0.25, 0.3) is 0 Å². The molecule has 0 radical (unpaired) electrons. The molecule has 1 aliphatic heterocycles. The van der Waals surface area contributed by atoms with Crippen LogP contribution in [-0.4, -0.2) is 50.1 Å². The van der Waals surface area contributed by atoms with E-state index in [1.54, 1.807) is 7.11 Å². The van der Waals surface area contributed by atoms with Crippen molar-refractivity contribution in [3.05, 3.63) is 65.7 Å². The molecule has 1 unspecified atom stereocenters. The van der Waals surface area contributed by atoms with E-state index in [1.807, 2.05) is 24.3 Å². The third kappa shape index (κ3) is 8.05. The summed E-state index contributed by atoms with van der Waals surface area (Å²) >= 11 is 0. The van der Waals surface area contributed by atoms with Gasteiger partial charge in [-0.3, -0.25) is 4.79 Å². The van der Waals surface area contributed by atoms with Crippen LogP contribution in [0.2, 0.25) is 0 Å². The SMILES string of the molecule is CCNC(=NCC(=O)NCc1ccc(OC)cc1)N1CCC(Cc2ccccc2)C1.I. The smallest absolute Gasteiger partial charge is 0.242 e. The zero-order valence-corrected chi connectivity index (χ0v) is 20.7. The van der Waals surface area contributed by atoms with Gasteiger partial charge in [0.25, 0.3) is 0 Å². The van der Waals surface area contributed by atoms with Crippen molar-refractivity contribution >= 4 is 35.8 Å². The number of amides is 1. The topological polar surface area (TPSA) is 66.0 Å². The van der Waals surface area contributed by atoms with Gasteiger partial charge in [-0.05, 0) is 48.9 Å². The van der Waals surface area contributed by atoms with Crippen LogP contribution in [0, 0.1) is 5.92 Å². The highest BCUT2D eigenvalue weighted by Crippen LogP contribution is 2.21. The number of benzene rings is 2. The Balaban J connectivity index is 0.00000341. The molecule has 0 spiro atoms. The molecule has 0 bridgehead atoms. The van der Waals surface area contributed by atoms with E-state index < -0.39 is 0 Å². The van der Waals surface area contributed by atoms with Gasteiger partial charge in [-0.25, -0.2) is 4.99 Å². The molecule has 1 saturated heterocycles. The molecule has 2 aromatic rings. The molecule has 3 rings (SSSR count). The predicted octanol–water partition coefficient (Wildman–Crippen LogP) is 3.46. The Morgan fingerprint density at radius 3 is 2.52 bits per heavy atom. The number of methoxy groups -OCH3 is 1. The van der Waals surface area contributed by atoms with Gasteiger partial charge in [-0.15, -0.1) is 24.0 Å². The summed E-state index contributed by atoms with van der Waals surface area (Å²) in [6.07, 6.45) is 2.22. The van der Waals surface area contributed by atoms with E-state index in [1.165, 1.54) is 5.56 Å². The van der Waals surface area contributed by atoms with Crippen LogP contribution in [0.15, 0.2) is 59.6 Å². The molecular formula is C24H33IN4O2. The van der Waals surface area contributed by atoms with Crippen molar-refractivity contribution in [3.8, 4) is 5.75 Å². The molecule has 1 atom stereocenters. The number of nitrogens with zero attached hydrogens (tertiary/aromatic N) is 2. The van der Waals surface area contributed by atoms with E-state index in [-0.39, 0.29) is 36.4 Å². The van der Waals surface area contributed by atoms with Crippen molar-refractivity contribution in [2.45, 2.75) is 26.3 Å². The van der Waals surface area contributed by atoms with Crippen LogP contribution < -0.4 is 15.4 Å². The number of carbonyl (C=O) groups excluding carboxylic acids is 1. The van der Waals surface area contributed by atoms with Gasteiger partial charge in [-0.2, -0.15) is 0 Å². The monoisotopic (exact) mass is 536 g/mol. The van der Waals surface area contributed by atoms with Gasteiger partial charge in [-0.1, -0.05) is 42.5 Å². The number of hydrogen-bond donors (Lipinski definition) is 2. The third-order valence-corrected chi connectivity index (χ3v) is 5.31. The van der Waals surface area contributed by atoms with Crippen LogP contribution in [-0.2, 0) is 17.8 Å². The number of likely N-dealkylation sites (tertiary alicyclic amines) is 1. The third-order valence-electron chi connectivity index (χ3n) is 5.31. The standard InChI is InChI=1S/C24H32N4O2.HI/c1-3-25-24(28-14-13-21(18-28)15-19-7-5-4-6-8-19)27-17-23(29)26-16-20-9-11-22(30-2)12-10-20;/h4-12,21H,3,13-18H2,1-2H3,(H,25,27)(H,26,29);1H. The number of carbonyl (C=O) groups is 1. The van der Waals surface area contributed by atoms with Gasteiger partial charge < -0.3 is 20.3 Å². The normalized spacial score (nSPS) is 15.9. The largest absolute Gasteiger partial charge is 0.497 e. The van der Waals surface area contributed by atoms with Crippen molar-refractivity contribution in [2.75, 3.05) is 33.3 Å². The molecule has 168 valence electrons. The van der Waals surface area contributed by atoms with Crippen molar-refractivity contribution in [3.63, 3.8) is 0 Å². The van der Waals surface area contributed by atoms with Crippen LogP contribution in [0.3, 0.4) is 0 Å². The number of halogens is 1. The van der Waals surface area contributed by atoms with Crippen molar-refractivity contribution in [2.24, 2.45) is 10.9 Å². The van der Waals surface area contributed by atoms with Gasteiger partial charge in [0, 0.05) is 26.2 Å². The summed E-state index contributed by atoms with van der Waals surface area (Å²) in [4.78, 5) is 19.1. The lowest BCUT2D eigenvalue weighted by Gasteiger charge is -2.21. The summed E-state index contributed by atoms with van der Waals surface area (Å²) in [7, 11) is 1.64. The van der Waals surface area contributed by atoms with Crippen molar-refractivity contribution in [1.82, 2.24) is 15.5 Å². The fourth-order valence-electron chi connectivity index (χ4n) is 3.71. The van der Waals surface area contributed by atoms with Gasteiger partial charge in [0.1, 0.15) is 12.3 Å². The zero-order chi connectivity index (χ0) is 21.2. The molecule has 1 fully saturated rings. The summed E-state index contributed by atoms with van der Waals surface area (Å²) in [6.45, 7) is 5.38. The lowest BCUT2D eigenvalue weighted by Crippen LogP contribution is -2.41. The number of ether oxygens (including phenoxy) is 1. The first-order valence-corrected chi connectivity index (χ1v) is 10.6. The second kappa shape index (κ2) is 13.2. The van der Waals surface area contributed by atoms with Crippen molar-refractivity contribution < 1.29 is 9.53 Å². The van der Waals surface area contributed by atoms with E-state index in [4.69, 9.17) is 4.74 Å². The maximum atomic E-state index is 12.3. The van der Waals surface area contributed by atoms with Gasteiger partial charge in [0.15, 0.2) is 5.96 Å². The Labute approximate surface area is 202 Å². The number of aliphatic imine (C=N–C) groups is 1. The molecule has 0 saturated carbocycles. The summed E-state index contributed by atoms with van der Waals surface area (Å²) in [5, 5.41) is 6.27. The highest BCUT2D eigenvalue weighted by Gasteiger charge is 2.25. The van der Waals surface area contributed by atoms with Crippen molar-refractivity contribution in [1.29, 1.82) is 0 Å². The maximum absolute atomic E-state index is 12.3. The van der Waals surface area contributed by atoms with Gasteiger partial charge >= 0.3 is 0 Å². The van der Waals surface area contributed by atoms with Gasteiger partial charge in [0.05, 0.1) is 7.11 Å². The number of guanidine groups is 1. The first kappa shape index (κ1) is 25.0. The van der Waals surface area contributed by atoms with E-state index in [2.05, 4.69) is 57.8 Å². The fourth-order valence-corrected chi connectivity index (χ4v) is 3.71. The minimum absolute atomic E-state index is 0. The van der Waals surface area contributed by atoms with E-state index in [0.717, 1.165) is 49.7 Å². The van der Waals surface area contributed by atoms with Crippen LogP contribution in [0.4, 0.5) is 0 Å². The van der Waals surface area contributed by atoms with E-state index in [9.17, 15) is 4.79 Å². The highest BCUT2D eigenvalue weighted by molar-refractivity contribution is 14.0. The number of nitrogens with one attached hydrogen (secondary N) is 2. The Morgan fingerprint density at radius 2 is 1.84 bits per heavy atom. The molecule has 1 aliphatic rings. The lowest BCUT2D eigenvalue weighted by atomic mass is 9.99. The molecule has 2 aromatic carbocycles. The molecule has 6 nitrogen and oxygen atoms in total. The molecule has 0 aromatic heterocycles. The molecule has 1 amide bonds. The first-order chi connectivity index (χ1) is 14.7. The highest BCUT2D eigenvalue weighted by atomic mass is 127.